The van der Waals surface area contributed by atoms with Crippen molar-refractivity contribution in [3.05, 3.63) is 243 Å². The summed E-state index contributed by atoms with van der Waals surface area (Å²) in [6, 6.07) is 46.5. The quantitative estimate of drug-likeness (QED) is 0.138. The SMILES string of the molecule is CC.CC.CC.CC.CC.CC.CC.CC.Cc1ccc2oc(C)nc2n1.Cc1ccc2sc(C)nc2c1.Cc1ccc2sc(C)nc2n1.Cc1cccc2ccnnc12.Cc1cccc2cnncc12.Cc1cccc2nnccc12.Cc1cnc2c(c1)nc(C)n2C.Cc1cnnc2ccccc12. The van der Waals surface area contributed by atoms with Crippen LogP contribution in [0.5, 0.6) is 0 Å². The summed E-state index contributed by atoms with van der Waals surface area (Å²) in [7, 11) is 1.98. The summed E-state index contributed by atoms with van der Waals surface area (Å²) in [5.74, 6) is 1.67. The van der Waals surface area contributed by atoms with Gasteiger partial charge in [0.2, 0.25) is 0 Å². The molecule has 0 atom stereocenters. The second-order valence-corrected chi connectivity index (χ2v) is 23.5. The van der Waals surface area contributed by atoms with Gasteiger partial charge in [0.25, 0.3) is 0 Å². The molecule has 558 valence electrons. The second-order valence-electron chi connectivity index (χ2n) is 21.0. The lowest BCUT2D eigenvalue weighted by molar-refractivity contribution is 0.561. The Morgan fingerprint density at radius 1 is 0.343 bits per heavy atom. The Morgan fingerprint density at radius 3 is 1.52 bits per heavy atom. The fraction of sp³-hybridized carbons (Fsp3) is 0.337. The minimum absolute atomic E-state index is 0.665. The third-order valence-electron chi connectivity index (χ3n) is 13.8. The number of imidazole rings is 1. The van der Waals surface area contributed by atoms with E-state index in [1.165, 1.54) is 53.4 Å². The Balaban J connectivity index is 0.000000583. The van der Waals surface area contributed by atoms with Crippen LogP contribution in [-0.2, 0) is 7.05 Å². The molecule has 0 amide bonds. The maximum Gasteiger partial charge on any atom is 0.199 e. The average molecular weight is 1450 g/mol. The van der Waals surface area contributed by atoms with Crippen LogP contribution < -0.4 is 0 Å². The van der Waals surface area contributed by atoms with Gasteiger partial charge in [0, 0.05) is 58.5 Å². The van der Waals surface area contributed by atoms with Gasteiger partial charge in [-0.2, -0.15) is 45.8 Å². The number of fused-ring (bicyclic) bond motifs is 8. The molecule has 0 saturated carbocycles. The van der Waals surface area contributed by atoms with Crippen molar-refractivity contribution in [2.75, 3.05) is 0 Å². The standard InChI is InChI=1S/C9H11N3.4C9H8N2.C9H9NS.C8H8N2O.C8H8N2S.8C2H6/c1-6-4-8-9(10-5-6)12(3)7(2)11-8;1-7-3-2-4-8-5-10-11-6-9(7)8;1-7-3-2-4-9-8(7)5-6-10-11-9;1-7-3-2-4-8-5-6-10-11-9(7)8;1-7-6-10-11-9-5-3-2-4-8(7)9;1-6-3-4-9-8(5-6)10-7(2)11-9;2*1-5-3-4-7-8(9-5)10-6(2)11-7;8*1-2/h4-5H,1-3H3;4*2-6H,1H3;3-5H,1-2H3;2*3-4H,1-2H3;8*1-2H3. The van der Waals surface area contributed by atoms with Crippen LogP contribution in [0.1, 0.15) is 177 Å². The predicted molar refractivity (Wildman–Crippen MR) is 453 cm³/mol. The number of hydrogen-bond donors (Lipinski definition) is 0. The summed E-state index contributed by atoms with van der Waals surface area (Å²) in [6.45, 7) is 56.1. The molecule has 0 aliphatic carbocycles. The van der Waals surface area contributed by atoms with Gasteiger partial charge in [-0.1, -0.05) is 184 Å². The molecule has 16 rings (SSSR count). The molecule has 19 heteroatoms. The van der Waals surface area contributed by atoms with Crippen molar-refractivity contribution >= 4 is 109 Å². The maximum atomic E-state index is 5.25. The van der Waals surface area contributed by atoms with Crippen LogP contribution in [0.2, 0.25) is 0 Å². The lowest BCUT2D eigenvalue weighted by atomic mass is 10.1. The largest absolute Gasteiger partial charge is 0.439 e. The molecule has 0 N–H and O–H groups in total. The molecule has 17 nitrogen and oxygen atoms in total. The van der Waals surface area contributed by atoms with Gasteiger partial charge in [-0.05, 0) is 176 Å². The van der Waals surface area contributed by atoms with Gasteiger partial charge in [0.1, 0.15) is 11.3 Å². The molecule has 0 unspecified atom stereocenters. The van der Waals surface area contributed by atoms with Crippen LogP contribution in [0.4, 0.5) is 0 Å². The average Bonchev–Trinajstić information content (AvgIpc) is 1.74. The van der Waals surface area contributed by atoms with E-state index >= 15 is 0 Å². The number of thiazole rings is 2. The summed E-state index contributed by atoms with van der Waals surface area (Å²) in [5.41, 5.74) is 17.6. The van der Waals surface area contributed by atoms with E-state index in [9.17, 15) is 0 Å². The van der Waals surface area contributed by atoms with E-state index < -0.39 is 0 Å². The van der Waals surface area contributed by atoms with E-state index in [1.54, 1.807) is 53.7 Å². The highest BCUT2D eigenvalue weighted by atomic mass is 32.1. The number of oxazole rings is 1. The van der Waals surface area contributed by atoms with Crippen molar-refractivity contribution in [3.8, 4) is 0 Å². The lowest BCUT2D eigenvalue weighted by Crippen LogP contribution is -1.91. The zero-order valence-corrected chi connectivity index (χ0v) is 69.8. The van der Waals surface area contributed by atoms with Gasteiger partial charge in [0.15, 0.2) is 28.4 Å². The number of rotatable bonds is 0. The first-order chi connectivity index (χ1) is 51.0. The molecule has 0 spiro atoms. The Hall–Kier alpha value is -10.4. The molecule has 0 aliphatic heterocycles. The number of benzene rings is 5. The summed E-state index contributed by atoms with van der Waals surface area (Å²) in [5, 5.41) is 39.2. The third-order valence-corrected chi connectivity index (χ3v) is 15.7. The molecular formula is C86H116N16OS2. The molecule has 0 fully saturated rings. The molecule has 0 bridgehead atoms. The van der Waals surface area contributed by atoms with Gasteiger partial charge in [-0.15, -0.1) is 22.7 Å². The maximum absolute atomic E-state index is 5.25. The minimum Gasteiger partial charge on any atom is -0.439 e. The normalized spacial score (nSPS) is 9.38. The Bertz CT molecular complexity index is 4510. The van der Waals surface area contributed by atoms with Crippen LogP contribution in [-0.4, -0.2) is 80.2 Å². The Labute approximate surface area is 634 Å². The fourth-order valence-corrected chi connectivity index (χ4v) is 10.7. The lowest BCUT2D eigenvalue weighted by Gasteiger charge is -1.97. The van der Waals surface area contributed by atoms with Crippen molar-refractivity contribution in [2.24, 2.45) is 7.05 Å². The van der Waals surface area contributed by atoms with Crippen LogP contribution in [0.25, 0.3) is 86.4 Å². The van der Waals surface area contributed by atoms with Crippen LogP contribution in [0, 0.1) is 83.1 Å². The van der Waals surface area contributed by atoms with E-state index in [0.717, 1.165) is 88.0 Å². The number of hydrogen-bond acceptors (Lipinski definition) is 18. The summed E-state index contributed by atoms with van der Waals surface area (Å²) in [4.78, 5) is 29.9. The second kappa shape index (κ2) is 52.6. The summed E-state index contributed by atoms with van der Waals surface area (Å²) >= 11 is 3.44. The van der Waals surface area contributed by atoms with Gasteiger partial charge in [0.05, 0.1) is 72.5 Å². The van der Waals surface area contributed by atoms with Gasteiger partial charge in [-0.3, -0.25) is 0 Å². The van der Waals surface area contributed by atoms with Gasteiger partial charge in [-0.25, -0.2) is 29.9 Å². The van der Waals surface area contributed by atoms with E-state index in [-0.39, 0.29) is 0 Å². The summed E-state index contributed by atoms with van der Waals surface area (Å²) < 4.78 is 9.70. The van der Waals surface area contributed by atoms with Crippen molar-refractivity contribution < 1.29 is 4.42 Å². The van der Waals surface area contributed by atoms with Crippen molar-refractivity contribution in [1.29, 1.82) is 0 Å². The van der Waals surface area contributed by atoms with Gasteiger partial charge >= 0.3 is 0 Å². The number of pyridine rings is 3. The Morgan fingerprint density at radius 2 is 0.867 bits per heavy atom. The molecular weight excluding hydrogens is 1340 g/mol. The van der Waals surface area contributed by atoms with E-state index in [4.69, 9.17) is 4.42 Å². The third kappa shape index (κ3) is 30.1. The van der Waals surface area contributed by atoms with Crippen LogP contribution in [0.15, 0.2) is 181 Å². The zero-order chi connectivity index (χ0) is 79.0. The number of aromatic nitrogens is 16. The monoisotopic (exact) mass is 1450 g/mol. The topological polar surface area (TPSA) is 211 Å². The zero-order valence-electron chi connectivity index (χ0n) is 68.1. The first-order valence-electron chi connectivity index (χ1n) is 36.6. The van der Waals surface area contributed by atoms with Crippen molar-refractivity contribution in [3.63, 3.8) is 0 Å². The number of nitrogens with zero attached hydrogens (tertiary/aromatic N) is 16. The predicted octanol–water partition coefficient (Wildman–Crippen LogP) is 24.6. The van der Waals surface area contributed by atoms with Crippen molar-refractivity contribution in [2.45, 2.75) is 194 Å². The molecule has 5 aromatic carbocycles. The number of aryl methyl sites for hydroxylation is 13. The summed E-state index contributed by atoms with van der Waals surface area (Å²) in [6.07, 6.45) is 10.6. The van der Waals surface area contributed by atoms with Crippen LogP contribution >= 0.6 is 22.7 Å². The van der Waals surface area contributed by atoms with E-state index in [0.29, 0.717) is 11.5 Å². The van der Waals surface area contributed by atoms with Crippen molar-refractivity contribution in [1.82, 2.24) is 80.2 Å². The molecule has 11 aromatic heterocycles. The first-order valence-corrected chi connectivity index (χ1v) is 38.3. The van der Waals surface area contributed by atoms with E-state index in [1.807, 2.05) is 282 Å². The van der Waals surface area contributed by atoms with E-state index in [2.05, 4.69) is 145 Å². The fourth-order valence-electron chi connectivity index (χ4n) is 9.14. The smallest absolute Gasteiger partial charge is 0.199 e. The minimum atomic E-state index is 0.665. The Kier molecular flexibility index (Phi) is 46.4. The molecule has 105 heavy (non-hydrogen) atoms. The molecule has 11 heterocycles. The van der Waals surface area contributed by atoms with Crippen LogP contribution in [0.3, 0.4) is 0 Å². The van der Waals surface area contributed by atoms with Gasteiger partial charge < -0.3 is 8.98 Å². The first kappa shape index (κ1) is 92.6. The molecule has 0 aliphatic rings. The highest BCUT2D eigenvalue weighted by Crippen LogP contribution is 2.23. The highest BCUT2D eigenvalue weighted by molar-refractivity contribution is 7.18. The molecule has 0 saturated heterocycles. The highest BCUT2D eigenvalue weighted by Gasteiger charge is 2.06. The molecule has 0 radical (unpaired) electrons. The molecule has 16 aromatic rings.